The number of hydrogen-bond donors (Lipinski definition) is 2. The lowest BCUT2D eigenvalue weighted by molar-refractivity contribution is -0.113. The monoisotopic (exact) mass is 365 g/mol. The number of H-pyrrole nitrogens is 1. The maximum absolute atomic E-state index is 12.1. The van der Waals surface area contributed by atoms with Crippen LogP contribution in [0.15, 0.2) is 40.3 Å². The lowest BCUT2D eigenvalue weighted by Gasteiger charge is -2.09. The zero-order valence-corrected chi connectivity index (χ0v) is 15.1. The Kier molecular flexibility index (Phi) is 7.20. The molecule has 24 heavy (non-hydrogen) atoms. The molecule has 0 spiro atoms. The van der Waals surface area contributed by atoms with Crippen LogP contribution in [0.5, 0.6) is 5.75 Å². The summed E-state index contributed by atoms with van der Waals surface area (Å²) in [5, 5.41) is 3.24. The molecule has 0 radical (unpaired) electrons. The third-order valence-electron chi connectivity index (χ3n) is 2.95. The van der Waals surface area contributed by atoms with E-state index in [4.69, 9.17) is 4.74 Å². The standard InChI is InChI=1S/C16H19N3O3S2/c1-3-23-9-11-8-14(20)19-16(17-11)24-10-15(21)18-12-6-4-5-7-13(12)22-2/h4-8H,3,9-10H2,1-2H3,(H,18,21)(H,17,19,20). The fourth-order valence-corrected chi connectivity index (χ4v) is 3.16. The summed E-state index contributed by atoms with van der Waals surface area (Å²) in [5.41, 5.74) is 1.13. The van der Waals surface area contributed by atoms with E-state index in [1.165, 1.54) is 17.8 Å². The number of methoxy groups -OCH3 is 1. The molecular weight excluding hydrogens is 346 g/mol. The normalized spacial score (nSPS) is 10.4. The van der Waals surface area contributed by atoms with Crippen LogP contribution in [-0.4, -0.2) is 34.5 Å². The van der Waals surface area contributed by atoms with Crippen LogP contribution in [0, 0.1) is 0 Å². The van der Waals surface area contributed by atoms with Crippen LogP contribution >= 0.6 is 23.5 Å². The summed E-state index contributed by atoms with van der Waals surface area (Å²) in [7, 11) is 1.55. The van der Waals surface area contributed by atoms with Crippen molar-refractivity contribution < 1.29 is 9.53 Å². The Labute approximate surface area is 148 Å². The highest BCUT2D eigenvalue weighted by Crippen LogP contribution is 2.23. The zero-order valence-electron chi connectivity index (χ0n) is 13.5. The van der Waals surface area contributed by atoms with Gasteiger partial charge in [0.1, 0.15) is 5.75 Å². The first-order chi connectivity index (χ1) is 11.6. The van der Waals surface area contributed by atoms with Crippen LogP contribution in [0.4, 0.5) is 5.69 Å². The number of thioether (sulfide) groups is 2. The number of anilines is 1. The quantitative estimate of drug-likeness (QED) is 0.553. The molecule has 0 aliphatic heterocycles. The van der Waals surface area contributed by atoms with E-state index in [9.17, 15) is 9.59 Å². The third-order valence-corrected chi connectivity index (χ3v) is 4.73. The first-order valence-corrected chi connectivity index (χ1v) is 9.50. The second-order valence-electron chi connectivity index (χ2n) is 4.72. The first kappa shape index (κ1) is 18.4. The van der Waals surface area contributed by atoms with Crippen LogP contribution in [0.25, 0.3) is 0 Å². The Bertz CT molecular complexity index is 749. The van der Waals surface area contributed by atoms with Crippen molar-refractivity contribution in [1.82, 2.24) is 9.97 Å². The Morgan fingerprint density at radius 3 is 2.92 bits per heavy atom. The van der Waals surface area contributed by atoms with Gasteiger partial charge in [0, 0.05) is 11.8 Å². The minimum absolute atomic E-state index is 0.144. The Balaban J connectivity index is 1.96. The molecule has 0 aliphatic rings. The molecule has 8 heteroatoms. The maximum atomic E-state index is 12.1. The van der Waals surface area contributed by atoms with E-state index in [0.717, 1.165) is 11.4 Å². The SMILES string of the molecule is CCSCc1cc(=O)[nH]c(SCC(=O)Nc2ccccc2OC)n1. The van der Waals surface area contributed by atoms with E-state index in [-0.39, 0.29) is 17.2 Å². The molecule has 0 aliphatic carbocycles. The molecule has 0 bridgehead atoms. The molecule has 1 amide bonds. The van der Waals surface area contributed by atoms with Crippen molar-refractivity contribution in [2.24, 2.45) is 0 Å². The van der Waals surface area contributed by atoms with E-state index in [0.29, 0.717) is 22.3 Å². The lowest BCUT2D eigenvalue weighted by atomic mass is 10.3. The number of benzene rings is 1. The number of carbonyl (C=O) groups is 1. The molecule has 1 aromatic carbocycles. The largest absolute Gasteiger partial charge is 0.495 e. The van der Waals surface area contributed by atoms with E-state index in [1.54, 1.807) is 31.0 Å². The molecule has 1 heterocycles. The number of amides is 1. The molecule has 6 nitrogen and oxygen atoms in total. The van der Waals surface area contributed by atoms with Gasteiger partial charge in [0.2, 0.25) is 5.91 Å². The van der Waals surface area contributed by atoms with Gasteiger partial charge in [0.05, 0.1) is 24.2 Å². The summed E-state index contributed by atoms with van der Waals surface area (Å²) in [6.07, 6.45) is 0. The average molecular weight is 365 g/mol. The number of nitrogens with zero attached hydrogens (tertiary/aromatic N) is 1. The molecule has 0 unspecified atom stereocenters. The highest BCUT2D eigenvalue weighted by Gasteiger charge is 2.09. The molecule has 2 aromatic rings. The average Bonchev–Trinajstić information content (AvgIpc) is 2.58. The number of hydrogen-bond acceptors (Lipinski definition) is 6. The van der Waals surface area contributed by atoms with Crippen molar-refractivity contribution in [1.29, 1.82) is 0 Å². The van der Waals surface area contributed by atoms with Crippen molar-refractivity contribution in [3.8, 4) is 5.75 Å². The van der Waals surface area contributed by atoms with Crippen LogP contribution in [0.3, 0.4) is 0 Å². The minimum Gasteiger partial charge on any atom is -0.495 e. The predicted molar refractivity (Wildman–Crippen MR) is 99.0 cm³/mol. The zero-order chi connectivity index (χ0) is 17.4. The van der Waals surface area contributed by atoms with Gasteiger partial charge in [-0.15, -0.1) is 0 Å². The first-order valence-electron chi connectivity index (χ1n) is 7.36. The van der Waals surface area contributed by atoms with E-state index in [1.807, 2.05) is 12.1 Å². The highest BCUT2D eigenvalue weighted by atomic mass is 32.2. The van der Waals surface area contributed by atoms with E-state index in [2.05, 4.69) is 22.2 Å². The molecule has 0 fully saturated rings. The van der Waals surface area contributed by atoms with Gasteiger partial charge in [-0.2, -0.15) is 11.8 Å². The molecule has 2 rings (SSSR count). The van der Waals surface area contributed by atoms with Gasteiger partial charge in [0.25, 0.3) is 5.56 Å². The highest BCUT2D eigenvalue weighted by molar-refractivity contribution is 7.99. The third kappa shape index (κ3) is 5.61. The molecule has 0 saturated carbocycles. The van der Waals surface area contributed by atoms with Crippen molar-refractivity contribution in [2.75, 3.05) is 23.9 Å². The smallest absolute Gasteiger partial charge is 0.251 e. The van der Waals surface area contributed by atoms with E-state index >= 15 is 0 Å². The van der Waals surface area contributed by atoms with Crippen LogP contribution < -0.4 is 15.6 Å². The number of aromatic nitrogens is 2. The Hall–Kier alpha value is -1.93. The van der Waals surface area contributed by atoms with Gasteiger partial charge in [0.15, 0.2) is 5.16 Å². The second-order valence-corrected chi connectivity index (χ2v) is 6.95. The van der Waals surface area contributed by atoms with Gasteiger partial charge < -0.3 is 15.0 Å². The molecule has 2 N–H and O–H groups in total. The van der Waals surface area contributed by atoms with Gasteiger partial charge in [-0.05, 0) is 17.9 Å². The van der Waals surface area contributed by atoms with Crippen LogP contribution in [0.2, 0.25) is 0 Å². The van der Waals surface area contributed by atoms with Crippen molar-refractivity contribution in [3.63, 3.8) is 0 Å². The summed E-state index contributed by atoms with van der Waals surface area (Å²) in [6.45, 7) is 2.05. The van der Waals surface area contributed by atoms with Crippen LogP contribution in [-0.2, 0) is 10.5 Å². The number of rotatable bonds is 8. The fraction of sp³-hybridized carbons (Fsp3) is 0.312. The Morgan fingerprint density at radius 1 is 1.38 bits per heavy atom. The fourth-order valence-electron chi connectivity index (χ4n) is 1.90. The van der Waals surface area contributed by atoms with Crippen LogP contribution in [0.1, 0.15) is 12.6 Å². The maximum Gasteiger partial charge on any atom is 0.251 e. The summed E-state index contributed by atoms with van der Waals surface area (Å²) in [4.78, 5) is 30.8. The molecule has 0 atom stereocenters. The Morgan fingerprint density at radius 2 is 2.17 bits per heavy atom. The topological polar surface area (TPSA) is 84.1 Å². The van der Waals surface area contributed by atoms with Crippen molar-refractivity contribution >= 4 is 35.1 Å². The number of aromatic amines is 1. The van der Waals surface area contributed by atoms with Crippen molar-refractivity contribution in [3.05, 3.63) is 46.4 Å². The van der Waals surface area contributed by atoms with Gasteiger partial charge >= 0.3 is 0 Å². The number of ether oxygens (including phenoxy) is 1. The molecule has 128 valence electrons. The summed E-state index contributed by atoms with van der Waals surface area (Å²) in [6, 6.07) is 8.68. The number of carbonyl (C=O) groups excluding carboxylic acids is 1. The predicted octanol–water partition coefficient (Wildman–Crippen LogP) is 2.76. The summed E-state index contributed by atoms with van der Waals surface area (Å²) >= 11 is 2.89. The van der Waals surface area contributed by atoms with Gasteiger partial charge in [-0.3, -0.25) is 9.59 Å². The number of para-hydroxylation sites is 2. The molecule has 1 aromatic heterocycles. The lowest BCUT2D eigenvalue weighted by Crippen LogP contribution is -2.16. The van der Waals surface area contributed by atoms with E-state index < -0.39 is 0 Å². The second kappa shape index (κ2) is 9.39. The number of nitrogens with one attached hydrogen (secondary N) is 2. The van der Waals surface area contributed by atoms with Crippen molar-refractivity contribution in [2.45, 2.75) is 17.8 Å². The molecule has 0 saturated heterocycles. The summed E-state index contributed by atoms with van der Waals surface area (Å²) in [5.74, 6) is 2.19. The minimum atomic E-state index is -0.204. The van der Waals surface area contributed by atoms with Gasteiger partial charge in [-0.25, -0.2) is 4.98 Å². The summed E-state index contributed by atoms with van der Waals surface area (Å²) < 4.78 is 5.19. The molecular formula is C16H19N3O3S2. The van der Waals surface area contributed by atoms with Gasteiger partial charge in [-0.1, -0.05) is 30.8 Å².